The lowest BCUT2D eigenvalue weighted by molar-refractivity contribution is 0.0648. The average molecular weight is 382 g/mol. The number of benzene rings is 2. The predicted molar refractivity (Wildman–Crippen MR) is 113 cm³/mol. The molecule has 0 N–H and O–H groups in total. The summed E-state index contributed by atoms with van der Waals surface area (Å²) in [6.07, 6.45) is 6.84. The van der Waals surface area contributed by atoms with Crippen molar-refractivity contribution < 1.29 is 9.21 Å². The Morgan fingerprint density at radius 3 is 2.48 bits per heavy atom. The predicted octanol–water partition coefficient (Wildman–Crippen LogP) is 5.72. The van der Waals surface area contributed by atoms with Crippen LogP contribution in [0.3, 0.4) is 0 Å². The van der Waals surface area contributed by atoms with Crippen LogP contribution in [0, 0.1) is 5.92 Å². The Morgan fingerprint density at radius 2 is 1.76 bits per heavy atom. The Kier molecular flexibility index (Phi) is 4.60. The van der Waals surface area contributed by atoms with E-state index < -0.39 is 0 Å². The lowest BCUT2D eigenvalue weighted by atomic mass is 9.77. The fourth-order valence-corrected chi connectivity index (χ4v) is 4.42. The van der Waals surface area contributed by atoms with E-state index in [1.54, 1.807) is 17.1 Å². The molecule has 144 valence electrons. The first kappa shape index (κ1) is 17.7. The van der Waals surface area contributed by atoms with Crippen molar-refractivity contribution in [2.45, 2.75) is 25.3 Å². The Morgan fingerprint density at radius 1 is 1.00 bits per heavy atom. The highest BCUT2D eigenvalue weighted by Crippen LogP contribution is 2.44. The van der Waals surface area contributed by atoms with Crippen LogP contribution in [0.5, 0.6) is 0 Å². The van der Waals surface area contributed by atoms with Crippen molar-refractivity contribution in [2.24, 2.45) is 11.0 Å². The lowest BCUT2D eigenvalue weighted by Gasteiger charge is -2.29. The molecule has 2 aromatic carbocycles. The van der Waals surface area contributed by atoms with Crippen LogP contribution in [0.1, 0.15) is 47.0 Å². The molecule has 1 amide bonds. The van der Waals surface area contributed by atoms with Gasteiger partial charge < -0.3 is 4.42 Å². The Labute approximate surface area is 170 Å². The molecular formula is C25H22N2O2. The number of fused-ring (bicyclic) bond motifs is 1. The molecule has 0 bridgehead atoms. The van der Waals surface area contributed by atoms with Gasteiger partial charge in [0.1, 0.15) is 0 Å². The van der Waals surface area contributed by atoms with E-state index in [9.17, 15) is 4.79 Å². The zero-order valence-electron chi connectivity index (χ0n) is 16.1. The minimum absolute atomic E-state index is 0.108. The zero-order chi connectivity index (χ0) is 19.6. The summed E-state index contributed by atoms with van der Waals surface area (Å²) < 4.78 is 5.39. The molecule has 2 aliphatic rings. The van der Waals surface area contributed by atoms with Crippen molar-refractivity contribution in [3.05, 3.63) is 102 Å². The van der Waals surface area contributed by atoms with Gasteiger partial charge in [0.15, 0.2) is 5.76 Å². The molecule has 0 saturated heterocycles. The minimum atomic E-state index is -0.190. The summed E-state index contributed by atoms with van der Waals surface area (Å²) in [5, 5.41) is 6.51. The highest BCUT2D eigenvalue weighted by molar-refractivity contribution is 6.08. The number of nitrogens with zero attached hydrogens (tertiary/aromatic N) is 2. The van der Waals surface area contributed by atoms with Gasteiger partial charge in [-0.05, 0) is 54.2 Å². The van der Waals surface area contributed by atoms with Gasteiger partial charge in [-0.2, -0.15) is 5.10 Å². The van der Waals surface area contributed by atoms with E-state index in [1.807, 2.05) is 36.4 Å². The standard InChI is InChI=1S/C25H22N2O2/c28-25(22-15-8-16-29-22)27-24(19-11-5-2-6-12-19)21-14-7-13-20(23(21)26-27)17-18-9-3-1-4-10-18/h1-6,8-12,15-17,21,24H,7,13-14H2. The van der Waals surface area contributed by atoms with Crippen molar-refractivity contribution in [1.29, 1.82) is 0 Å². The summed E-state index contributed by atoms with van der Waals surface area (Å²) in [7, 11) is 0. The van der Waals surface area contributed by atoms with Crippen molar-refractivity contribution in [3.63, 3.8) is 0 Å². The molecule has 3 aromatic rings. The van der Waals surface area contributed by atoms with Crippen LogP contribution in [-0.4, -0.2) is 16.6 Å². The third kappa shape index (κ3) is 3.31. The molecule has 1 aliphatic carbocycles. The Balaban J connectivity index is 1.58. The van der Waals surface area contributed by atoms with Crippen molar-refractivity contribution in [3.8, 4) is 0 Å². The fraction of sp³-hybridized carbons (Fsp3) is 0.200. The molecule has 4 nitrogen and oxygen atoms in total. The number of rotatable bonds is 3. The molecular weight excluding hydrogens is 360 g/mol. The number of carbonyl (C=O) groups is 1. The van der Waals surface area contributed by atoms with E-state index in [-0.39, 0.29) is 17.9 Å². The first-order chi connectivity index (χ1) is 14.3. The molecule has 1 fully saturated rings. The number of furan rings is 1. The van der Waals surface area contributed by atoms with Gasteiger partial charge in [-0.25, -0.2) is 5.01 Å². The molecule has 2 heterocycles. The SMILES string of the molecule is O=C(c1ccco1)N1N=C2C(=Cc3ccccc3)CCCC2C1c1ccccc1. The van der Waals surface area contributed by atoms with Crippen LogP contribution in [0.15, 0.2) is 94.2 Å². The van der Waals surface area contributed by atoms with Crippen LogP contribution < -0.4 is 0 Å². The third-order valence-electron chi connectivity index (χ3n) is 5.72. The van der Waals surface area contributed by atoms with Crippen molar-refractivity contribution in [2.75, 3.05) is 0 Å². The second-order valence-electron chi connectivity index (χ2n) is 7.55. The molecule has 2 unspecified atom stereocenters. The topological polar surface area (TPSA) is 45.8 Å². The van der Waals surface area contributed by atoms with E-state index in [4.69, 9.17) is 9.52 Å². The van der Waals surface area contributed by atoms with Crippen LogP contribution in [-0.2, 0) is 0 Å². The second-order valence-corrected chi connectivity index (χ2v) is 7.55. The summed E-state index contributed by atoms with van der Waals surface area (Å²) in [5.41, 5.74) is 4.53. The Bertz CT molecular complexity index is 1050. The third-order valence-corrected chi connectivity index (χ3v) is 5.72. The maximum atomic E-state index is 13.2. The zero-order valence-corrected chi connectivity index (χ0v) is 16.1. The van der Waals surface area contributed by atoms with E-state index in [2.05, 4.69) is 30.3 Å². The van der Waals surface area contributed by atoms with Crippen LogP contribution in [0.4, 0.5) is 0 Å². The number of carbonyl (C=O) groups excluding carboxylic acids is 1. The van der Waals surface area contributed by atoms with Gasteiger partial charge in [0.2, 0.25) is 0 Å². The van der Waals surface area contributed by atoms with Crippen LogP contribution >= 0.6 is 0 Å². The fourth-order valence-electron chi connectivity index (χ4n) is 4.42. The molecule has 4 heteroatoms. The summed E-state index contributed by atoms with van der Waals surface area (Å²) in [5.74, 6) is 0.326. The number of hydrazone groups is 1. The van der Waals surface area contributed by atoms with E-state index >= 15 is 0 Å². The summed E-state index contributed by atoms with van der Waals surface area (Å²) in [6.45, 7) is 0. The smallest absolute Gasteiger partial charge is 0.310 e. The summed E-state index contributed by atoms with van der Waals surface area (Å²) in [6, 6.07) is 23.9. The molecule has 1 aliphatic heterocycles. The second kappa shape index (κ2) is 7.55. The number of allylic oxidation sites excluding steroid dienone is 1. The molecule has 29 heavy (non-hydrogen) atoms. The molecule has 1 aromatic heterocycles. The van der Waals surface area contributed by atoms with E-state index in [1.165, 1.54) is 11.8 Å². The highest BCUT2D eigenvalue weighted by Gasteiger charge is 2.44. The number of amides is 1. The normalized spacial score (nSPS) is 22.4. The molecule has 1 saturated carbocycles. The first-order valence-corrected chi connectivity index (χ1v) is 10.1. The van der Waals surface area contributed by atoms with Crippen LogP contribution in [0.25, 0.3) is 6.08 Å². The van der Waals surface area contributed by atoms with Gasteiger partial charge in [0.25, 0.3) is 0 Å². The van der Waals surface area contributed by atoms with Crippen LogP contribution in [0.2, 0.25) is 0 Å². The molecule has 0 spiro atoms. The average Bonchev–Trinajstić information content (AvgIpc) is 3.43. The molecule has 2 atom stereocenters. The van der Waals surface area contributed by atoms with E-state index in [0.717, 1.165) is 36.1 Å². The van der Waals surface area contributed by atoms with Gasteiger partial charge in [0.05, 0.1) is 18.0 Å². The van der Waals surface area contributed by atoms with Crippen molar-refractivity contribution in [1.82, 2.24) is 5.01 Å². The summed E-state index contributed by atoms with van der Waals surface area (Å²) in [4.78, 5) is 13.2. The van der Waals surface area contributed by atoms with Gasteiger partial charge in [-0.15, -0.1) is 0 Å². The monoisotopic (exact) mass is 382 g/mol. The quantitative estimate of drug-likeness (QED) is 0.582. The maximum absolute atomic E-state index is 13.2. The summed E-state index contributed by atoms with van der Waals surface area (Å²) >= 11 is 0. The Hall–Kier alpha value is -3.40. The van der Waals surface area contributed by atoms with Gasteiger partial charge >= 0.3 is 5.91 Å². The minimum Gasteiger partial charge on any atom is -0.459 e. The van der Waals surface area contributed by atoms with E-state index in [0.29, 0.717) is 5.76 Å². The molecule has 5 rings (SSSR count). The van der Waals surface area contributed by atoms with Crippen molar-refractivity contribution >= 4 is 17.7 Å². The first-order valence-electron chi connectivity index (χ1n) is 10.1. The highest BCUT2D eigenvalue weighted by atomic mass is 16.3. The largest absolute Gasteiger partial charge is 0.459 e. The van der Waals surface area contributed by atoms with Gasteiger partial charge in [0, 0.05) is 5.92 Å². The maximum Gasteiger partial charge on any atom is 0.310 e. The van der Waals surface area contributed by atoms with Gasteiger partial charge in [-0.1, -0.05) is 60.7 Å². The van der Waals surface area contributed by atoms with Gasteiger partial charge in [-0.3, -0.25) is 4.79 Å². The number of hydrogen-bond acceptors (Lipinski definition) is 3. The lowest BCUT2D eigenvalue weighted by Crippen LogP contribution is -2.31. The number of hydrogen-bond donors (Lipinski definition) is 0. The molecule has 0 radical (unpaired) electrons.